The maximum atomic E-state index is 5.75. The Kier molecular flexibility index (Phi) is 1.70. The zero-order chi connectivity index (χ0) is 9.26. The summed E-state index contributed by atoms with van der Waals surface area (Å²) in [5.74, 6) is 0. The van der Waals surface area contributed by atoms with E-state index >= 15 is 0 Å². The Labute approximate surface area is 75.2 Å². The second-order valence-electron chi connectivity index (χ2n) is 2.68. The highest BCUT2D eigenvalue weighted by atomic mass is 15.4. The Bertz CT molecular complexity index is 420. The number of rotatable bonds is 1. The molecule has 0 aliphatic rings. The first-order valence-corrected chi connectivity index (χ1v) is 3.84. The number of pyridine rings is 1. The van der Waals surface area contributed by atoms with Gasteiger partial charge >= 0.3 is 0 Å². The van der Waals surface area contributed by atoms with E-state index in [1.54, 1.807) is 36.3 Å². The molecular formula is C8H9N5. The highest BCUT2D eigenvalue weighted by Gasteiger charge is 2.07. The number of nitrogens with two attached hydrogens (primary N) is 1. The lowest BCUT2D eigenvalue weighted by Gasteiger charge is -2.02. The van der Waals surface area contributed by atoms with Crippen molar-refractivity contribution >= 4 is 5.69 Å². The van der Waals surface area contributed by atoms with Gasteiger partial charge in [0.05, 0.1) is 11.9 Å². The first-order chi connectivity index (χ1) is 6.29. The van der Waals surface area contributed by atoms with Gasteiger partial charge in [-0.15, -0.1) is 5.10 Å². The lowest BCUT2D eigenvalue weighted by molar-refractivity contribution is 0.719. The van der Waals surface area contributed by atoms with Crippen LogP contribution in [0.2, 0.25) is 0 Å². The van der Waals surface area contributed by atoms with Crippen LogP contribution < -0.4 is 5.73 Å². The predicted molar refractivity (Wildman–Crippen MR) is 48.6 cm³/mol. The Morgan fingerprint density at radius 1 is 1.46 bits per heavy atom. The number of anilines is 1. The first-order valence-electron chi connectivity index (χ1n) is 3.84. The molecule has 5 heteroatoms. The highest BCUT2D eigenvalue weighted by molar-refractivity contribution is 5.68. The van der Waals surface area contributed by atoms with Gasteiger partial charge in [-0.1, -0.05) is 5.21 Å². The van der Waals surface area contributed by atoms with Crippen LogP contribution in [0.3, 0.4) is 0 Å². The summed E-state index contributed by atoms with van der Waals surface area (Å²) in [6.45, 7) is 0. The van der Waals surface area contributed by atoms with Crippen LogP contribution in [-0.2, 0) is 7.05 Å². The maximum absolute atomic E-state index is 5.75. The second kappa shape index (κ2) is 2.85. The summed E-state index contributed by atoms with van der Waals surface area (Å²) in [6.07, 6.45) is 3.33. The molecule has 66 valence electrons. The Morgan fingerprint density at radius 2 is 2.31 bits per heavy atom. The molecule has 0 radical (unpaired) electrons. The minimum Gasteiger partial charge on any atom is -0.397 e. The molecule has 0 atom stereocenters. The van der Waals surface area contributed by atoms with Gasteiger partial charge in [-0.2, -0.15) is 0 Å². The number of nitrogen functional groups attached to an aromatic ring is 1. The van der Waals surface area contributed by atoms with Crippen LogP contribution in [0.15, 0.2) is 24.5 Å². The molecule has 13 heavy (non-hydrogen) atoms. The van der Waals surface area contributed by atoms with E-state index in [1.807, 2.05) is 0 Å². The molecule has 2 N–H and O–H groups in total. The normalized spacial score (nSPS) is 10.2. The number of aromatic nitrogens is 4. The van der Waals surface area contributed by atoms with Crippen LogP contribution >= 0.6 is 0 Å². The second-order valence-corrected chi connectivity index (χ2v) is 2.68. The fraction of sp³-hybridized carbons (Fsp3) is 0.125. The summed E-state index contributed by atoms with van der Waals surface area (Å²) in [5.41, 5.74) is 7.92. The van der Waals surface area contributed by atoms with Crippen molar-refractivity contribution in [3.05, 3.63) is 24.5 Å². The molecule has 2 rings (SSSR count). The number of hydrogen-bond acceptors (Lipinski definition) is 4. The van der Waals surface area contributed by atoms with Crippen LogP contribution in [0.5, 0.6) is 0 Å². The lowest BCUT2D eigenvalue weighted by Crippen LogP contribution is -1.98. The molecule has 0 amide bonds. The van der Waals surface area contributed by atoms with Gasteiger partial charge in [0.2, 0.25) is 0 Å². The fourth-order valence-electron chi connectivity index (χ4n) is 1.14. The van der Waals surface area contributed by atoms with Gasteiger partial charge in [-0.3, -0.25) is 4.98 Å². The average molecular weight is 175 g/mol. The monoisotopic (exact) mass is 175 g/mol. The minimum absolute atomic E-state index is 0.632. The molecule has 0 saturated heterocycles. The smallest absolute Gasteiger partial charge is 0.113 e. The highest BCUT2D eigenvalue weighted by Crippen LogP contribution is 2.20. The fourth-order valence-corrected chi connectivity index (χ4v) is 1.14. The minimum atomic E-state index is 0.632. The molecule has 0 fully saturated rings. The molecule has 2 aromatic rings. The van der Waals surface area contributed by atoms with E-state index in [2.05, 4.69) is 15.3 Å². The van der Waals surface area contributed by atoms with Gasteiger partial charge < -0.3 is 5.73 Å². The molecule has 2 heterocycles. The van der Waals surface area contributed by atoms with Gasteiger partial charge in [-0.25, -0.2) is 4.68 Å². The van der Waals surface area contributed by atoms with E-state index in [9.17, 15) is 0 Å². The topological polar surface area (TPSA) is 69.6 Å². The number of nitrogens with zero attached hydrogens (tertiary/aromatic N) is 4. The molecule has 0 aliphatic heterocycles. The van der Waals surface area contributed by atoms with Gasteiger partial charge in [-0.05, 0) is 12.1 Å². The zero-order valence-electron chi connectivity index (χ0n) is 7.18. The van der Waals surface area contributed by atoms with E-state index in [4.69, 9.17) is 5.73 Å². The molecule has 2 aromatic heterocycles. The van der Waals surface area contributed by atoms with E-state index in [0.717, 1.165) is 11.4 Å². The van der Waals surface area contributed by atoms with Crippen molar-refractivity contribution in [2.75, 3.05) is 5.73 Å². The quantitative estimate of drug-likeness (QED) is 0.683. The van der Waals surface area contributed by atoms with Crippen molar-refractivity contribution in [3.8, 4) is 11.4 Å². The van der Waals surface area contributed by atoms with Crippen molar-refractivity contribution in [1.29, 1.82) is 0 Å². The third kappa shape index (κ3) is 1.24. The summed E-state index contributed by atoms with van der Waals surface area (Å²) in [4.78, 5) is 4.16. The van der Waals surface area contributed by atoms with E-state index in [0.29, 0.717) is 5.69 Å². The SMILES string of the molecule is Cn1nncc1-c1ncccc1N. The van der Waals surface area contributed by atoms with E-state index in [-0.39, 0.29) is 0 Å². The summed E-state index contributed by atoms with van der Waals surface area (Å²) >= 11 is 0. The number of hydrogen-bond donors (Lipinski definition) is 1. The Morgan fingerprint density at radius 3 is 2.92 bits per heavy atom. The van der Waals surface area contributed by atoms with Crippen LogP contribution in [0.1, 0.15) is 0 Å². The van der Waals surface area contributed by atoms with Crippen LogP contribution in [0.4, 0.5) is 5.69 Å². The average Bonchev–Trinajstić information content (AvgIpc) is 2.52. The molecule has 0 saturated carbocycles. The van der Waals surface area contributed by atoms with Crippen LogP contribution in [0, 0.1) is 0 Å². The standard InChI is InChI=1S/C8H9N5/c1-13-7(5-11-12-13)8-6(9)3-2-4-10-8/h2-5H,9H2,1H3. The van der Waals surface area contributed by atoms with Gasteiger partial charge in [0.1, 0.15) is 11.4 Å². The third-order valence-corrected chi connectivity index (χ3v) is 1.80. The summed E-state index contributed by atoms with van der Waals surface area (Å²) < 4.78 is 1.64. The molecule has 0 bridgehead atoms. The van der Waals surface area contributed by atoms with Crippen molar-refractivity contribution in [2.24, 2.45) is 7.05 Å². The Balaban J connectivity index is 2.59. The van der Waals surface area contributed by atoms with Crippen molar-refractivity contribution in [1.82, 2.24) is 20.0 Å². The van der Waals surface area contributed by atoms with E-state index < -0.39 is 0 Å². The van der Waals surface area contributed by atoms with Gasteiger partial charge in [0.15, 0.2) is 0 Å². The zero-order valence-corrected chi connectivity index (χ0v) is 7.18. The van der Waals surface area contributed by atoms with Gasteiger partial charge in [0, 0.05) is 13.2 Å². The van der Waals surface area contributed by atoms with Gasteiger partial charge in [0.25, 0.3) is 0 Å². The van der Waals surface area contributed by atoms with Crippen LogP contribution in [-0.4, -0.2) is 20.0 Å². The largest absolute Gasteiger partial charge is 0.397 e. The van der Waals surface area contributed by atoms with Crippen LogP contribution in [0.25, 0.3) is 11.4 Å². The number of aryl methyl sites for hydroxylation is 1. The maximum Gasteiger partial charge on any atom is 0.113 e. The molecular weight excluding hydrogens is 166 g/mol. The summed E-state index contributed by atoms with van der Waals surface area (Å²) in [7, 11) is 1.80. The summed E-state index contributed by atoms with van der Waals surface area (Å²) in [6, 6.07) is 3.60. The first kappa shape index (κ1) is 7.72. The lowest BCUT2D eigenvalue weighted by atomic mass is 10.2. The third-order valence-electron chi connectivity index (χ3n) is 1.80. The molecule has 0 aromatic carbocycles. The van der Waals surface area contributed by atoms with E-state index in [1.165, 1.54) is 0 Å². The van der Waals surface area contributed by atoms with Crippen molar-refractivity contribution in [3.63, 3.8) is 0 Å². The predicted octanol–water partition coefficient (Wildman–Crippen LogP) is 0.459. The molecule has 0 unspecified atom stereocenters. The molecule has 0 aliphatic carbocycles. The molecule has 0 spiro atoms. The summed E-state index contributed by atoms with van der Waals surface area (Å²) in [5, 5.41) is 7.56. The molecule has 5 nitrogen and oxygen atoms in total. The van der Waals surface area contributed by atoms with Crippen molar-refractivity contribution in [2.45, 2.75) is 0 Å². The Hall–Kier alpha value is -1.91. The van der Waals surface area contributed by atoms with Crippen molar-refractivity contribution < 1.29 is 0 Å².